The molecule has 3 aromatic rings. The van der Waals surface area contributed by atoms with E-state index in [9.17, 15) is 17.6 Å². The first-order valence-electron chi connectivity index (χ1n) is 8.60. The predicted molar refractivity (Wildman–Crippen MR) is 96.8 cm³/mol. The number of aromatic nitrogens is 3. The molecule has 0 fully saturated rings. The average Bonchev–Trinajstić information content (AvgIpc) is 3.36. The van der Waals surface area contributed by atoms with Crippen molar-refractivity contribution in [1.29, 1.82) is 0 Å². The molecule has 4 rings (SSSR count). The minimum atomic E-state index is -4.96. The SMILES string of the molecule is Fc1c(Cn2cnc(-c3cc(C4=CCNN4)ccn3)c2)cccc1OC(F)(F)F. The van der Waals surface area contributed by atoms with Crippen LogP contribution in [0.1, 0.15) is 11.1 Å². The molecule has 2 aromatic heterocycles. The van der Waals surface area contributed by atoms with Gasteiger partial charge < -0.3 is 14.7 Å². The Bertz CT molecular complexity index is 1060. The van der Waals surface area contributed by atoms with Crippen molar-refractivity contribution < 1.29 is 22.3 Å². The van der Waals surface area contributed by atoms with Crippen LogP contribution in [0.5, 0.6) is 5.75 Å². The topological polar surface area (TPSA) is 64.0 Å². The zero-order valence-corrected chi connectivity index (χ0v) is 14.9. The van der Waals surface area contributed by atoms with Gasteiger partial charge in [0.25, 0.3) is 0 Å². The number of ether oxygens (including phenoxy) is 1. The molecule has 1 aliphatic rings. The molecule has 0 radical (unpaired) electrons. The summed E-state index contributed by atoms with van der Waals surface area (Å²) >= 11 is 0. The van der Waals surface area contributed by atoms with Crippen LogP contribution in [0.3, 0.4) is 0 Å². The lowest BCUT2D eigenvalue weighted by atomic mass is 10.1. The highest BCUT2D eigenvalue weighted by Crippen LogP contribution is 2.28. The number of benzene rings is 1. The van der Waals surface area contributed by atoms with E-state index >= 15 is 0 Å². The third-order valence-electron chi connectivity index (χ3n) is 4.22. The molecule has 0 amide bonds. The van der Waals surface area contributed by atoms with Crippen LogP contribution in [-0.4, -0.2) is 27.4 Å². The molecular formula is C19H15F4N5O. The van der Waals surface area contributed by atoms with E-state index in [2.05, 4.69) is 25.6 Å². The van der Waals surface area contributed by atoms with Gasteiger partial charge in [-0.25, -0.2) is 14.8 Å². The van der Waals surface area contributed by atoms with E-state index in [0.717, 1.165) is 17.3 Å². The smallest absolute Gasteiger partial charge is 0.403 e. The molecule has 3 heterocycles. The van der Waals surface area contributed by atoms with Gasteiger partial charge in [0.1, 0.15) is 5.69 Å². The summed E-state index contributed by atoms with van der Waals surface area (Å²) < 4.78 is 56.8. The minimum absolute atomic E-state index is 0.00971. The van der Waals surface area contributed by atoms with Crippen LogP contribution in [0.15, 0.2) is 55.1 Å². The molecule has 0 spiro atoms. The number of halogens is 4. The lowest BCUT2D eigenvalue weighted by Gasteiger charge is -2.12. The van der Waals surface area contributed by atoms with Crippen molar-refractivity contribution in [3.63, 3.8) is 0 Å². The summed E-state index contributed by atoms with van der Waals surface area (Å²) in [5.41, 5.74) is 9.10. The number of rotatable bonds is 5. The van der Waals surface area contributed by atoms with Gasteiger partial charge in [-0.3, -0.25) is 4.98 Å². The number of alkyl halides is 3. The van der Waals surface area contributed by atoms with E-state index in [1.165, 1.54) is 18.5 Å². The van der Waals surface area contributed by atoms with E-state index in [1.54, 1.807) is 17.0 Å². The minimum Gasteiger partial charge on any atom is -0.403 e. The largest absolute Gasteiger partial charge is 0.573 e. The van der Waals surface area contributed by atoms with Gasteiger partial charge in [0, 0.05) is 30.1 Å². The lowest BCUT2D eigenvalue weighted by Crippen LogP contribution is -2.23. The fourth-order valence-corrected chi connectivity index (χ4v) is 2.94. The van der Waals surface area contributed by atoms with Gasteiger partial charge in [0.15, 0.2) is 11.6 Å². The number of nitrogens with one attached hydrogen (secondary N) is 2. The van der Waals surface area contributed by atoms with Gasteiger partial charge in [0.2, 0.25) is 0 Å². The maximum Gasteiger partial charge on any atom is 0.573 e. The summed E-state index contributed by atoms with van der Waals surface area (Å²) in [6.07, 6.45) is 1.81. The normalized spacial score (nSPS) is 13.9. The van der Waals surface area contributed by atoms with Crippen LogP contribution >= 0.6 is 0 Å². The highest BCUT2D eigenvalue weighted by Gasteiger charge is 2.32. The van der Waals surface area contributed by atoms with Gasteiger partial charge >= 0.3 is 6.36 Å². The Morgan fingerprint density at radius 1 is 1.14 bits per heavy atom. The molecule has 0 bridgehead atoms. The first kappa shape index (κ1) is 18.9. The van der Waals surface area contributed by atoms with Crippen molar-refractivity contribution >= 4 is 5.70 Å². The van der Waals surface area contributed by atoms with Crippen molar-refractivity contribution in [2.75, 3.05) is 6.54 Å². The maximum atomic E-state index is 14.4. The molecule has 2 N–H and O–H groups in total. The number of imidazole rings is 1. The van der Waals surface area contributed by atoms with E-state index in [-0.39, 0.29) is 12.1 Å². The molecule has 6 nitrogen and oxygen atoms in total. The molecule has 0 saturated heterocycles. The summed E-state index contributed by atoms with van der Waals surface area (Å²) in [7, 11) is 0. The second-order valence-corrected chi connectivity index (χ2v) is 6.26. The van der Waals surface area contributed by atoms with Crippen molar-refractivity contribution in [1.82, 2.24) is 25.4 Å². The van der Waals surface area contributed by atoms with Gasteiger partial charge in [-0.2, -0.15) is 0 Å². The number of pyridine rings is 1. The third-order valence-corrected chi connectivity index (χ3v) is 4.22. The first-order valence-corrected chi connectivity index (χ1v) is 8.60. The summed E-state index contributed by atoms with van der Waals surface area (Å²) in [4.78, 5) is 8.58. The molecule has 1 aromatic carbocycles. The first-order chi connectivity index (χ1) is 13.9. The van der Waals surface area contributed by atoms with E-state index in [1.807, 2.05) is 18.2 Å². The Hall–Kier alpha value is -3.40. The fourth-order valence-electron chi connectivity index (χ4n) is 2.94. The monoisotopic (exact) mass is 405 g/mol. The van der Waals surface area contributed by atoms with Crippen LogP contribution in [0, 0.1) is 5.82 Å². The van der Waals surface area contributed by atoms with E-state index in [4.69, 9.17) is 0 Å². The molecule has 150 valence electrons. The predicted octanol–water partition coefficient (Wildman–Crippen LogP) is 3.48. The number of nitrogens with zero attached hydrogens (tertiary/aromatic N) is 3. The van der Waals surface area contributed by atoms with Crippen LogP contribution in [0.4, 0.5) is 17.6 Å². The van der Waals surface area contributed by atoms with Crippen LogP contribution in [0.25, 0.3) is 17.1 Å². The van der Waals surface area contributed by atoms with Gasteiger partial charge in [-0.15, -0.1) is 13.2 Å². The van der Waals surface area contributed by atoms with Gasteiger partial charge in [0.05, 0.1) is 24.3 Å². The standard InChI is InChI=1S/C19H15F4N5O/c20-18-13(2-1-3-17(18)29-19(21,22)23)9-28-10-16(25-11-28)15-8-12(4-6-24-15)14-5-7-26-27-14/h1-6,8,10-11,26-27H,7,9H2. The molecule has 1 aliphatic heterocycles. The lowest BCUT2D eigenvalue weighted by molar-refractivity contribution is -0.275. The van der Waals surface area contributed by atoms with Crippen molar-refractivity contribution in [3.05, 3.63) is 72.1 Å². The Morgan fingerprint density at radius 3 is 2.76 bits per heavy atom. The van der Waals surface area contributed by atoms with Crippen molar-refractivity contribution in [3.8, 4) is 17.1 Å². The zero-order chi connectivity index (χ0) is 20.4. The number of hydrogen-bond acceptors (Lipinski definition) is 5. The van der Waals surface area contributed by atoms with Crippen LogP contribution < -0.4 is 15.6 Å². The Morgan fingerprint density at radius 2 is 2.00 bits per heavy atom. The van der Waals surface area contributed by atoms with Crippen LogP contribution in [0.2, 0.25) is 0 Å². The quantitative estimate of drug-likeness (QED) is 0.637. The Labute approximate surface area is 162 Å². The maximum absolute atomic E-state index is 14.4. The Kier molecular flexibility index (Phi) is 4.93. The summed E-state index contributed by atoms with van der Waals surface area (Å²) in [5, 5.41) is 0. The highest BCUT2D eigenvalue weighted by atomic mass is 19.4. The molecule has 0 unspecified atom stereocenters. The summed E-state index contributed by atoms with van der Waals surface area (Å²) in [6.45, 7) is 0.703. The fraction of sp³-hybridized carbons (Fsp3) is 0.158. The molecule has 10 heteroatoms. The highest BCUT2D eigenvalue weighted by molar-refractivity contribution is 5.68. The number of hydrogen-bond donors (Lipinski definition) is 2. The molecule has 0 aliphatic carbocycles. The third kappa shape index (κ3) is 4.37. The van der Waals surface area contributed by atoms with Crippen LogP contribution in [-0.2, 0) is 6.54 Å². The molecular weight excluding hydrogens is 390 g/mol. The van der Waals surface area contributed by atoms with E-state index < -0.39 is 17.9 Å². The second-order valence-electron chi connectivity index (χ2n) is 6.26. The molecule has 0 saturated carbocycles. The second kappa shape index (κ2) is 7.55. The Balaban J connectivity index is 1.55. The zero-order valence-electron chi connectivity index (χ0n) is 14.9. The molecule has 0 atom stereocenters. The van der Waals surface area contributed by atoms with E-state index in [0.29, 0.717) is 17.9 Å². The van der Waals surface area contributed by atoms with Gasteiger partial charge in [-0.1, -0.05) is 12.1 Å². The number of hydrazine groups is 1. The van der Waals surface area contributed by atoms with Gasteiger partial charge in [-0.05, 0) is 24.3 Å². The van der Waals surface area contributed by atoms with Crippen molar-refractivity contribution in [2.45, 2.75) is 12.9 Å². The summed E-state index contributed by atoms with van der Waals surface area (Å²) in [5.74, 6) is -1.93. The molecule has 29 heavy (non-hydrogen) atoms. The summed E-state index contributed by atoms with van der Waals surface area (Å²) in [6, 6.07) is 7.34. The van der Waals surface area contributed by atoms with Crippen molar-refractivity contribution in [2.24, 2.45) is 0 Å². The average molecular weight is 405 g/mol.